The first-order chi connectivity index (χ1) is 10.1. The molecule has 5 heteroatoms. The van der Waals surface area contributed by atoms with E-state index in [1.54, 1.807) is 4.90 Å². The average Bonchev–Trinajstić information content (AvgIpc) is 3.20. The Labute approximate surface area is 123 Å². The molecule has 0 aromatic heterocycles. The Hall–Kier alpha value is -2.04. The monoisotopic (exact) mass is 288 g/mol. The Bertz CT molecular complexity index is 528. The van der Waals surface area contributed by atoms with Gasteiger partial charge in [-0.2, -0.15) is 0 Å². The van der Waals surface area contributed by atoms with Crippen molar-refractivity contribution < 1.29 is 14.7 Å². The predicted octanol–water partition coefficient (Wildman–Crippen LogP) is 2.05. The third-order valence-electron chi connectivity index (χ3n) is 4.38. The quantitative estimate of drug-likeness (QED) is 0.891. The molecule has 3 rings (SSSR count). The van der Waals surface area contributed by atoms with E-state index in [0.29, 0.717) is 19.0 Å². The van der Waals surface area contributed by atoms with Crippen molar-refractivity contribution in [3.8, 4) is 0 Å². The molecular weight excluding hydrogens is 268 g/mol. The lowest BCUT2D eigenvalue weighted by molar-refractivity contribution is -0.139. The van der Waals surface area contributed by atoms with Gasteiger partial charge in [0, 0.05) is 19.0 Å². The Morgan fingerprint density at radius 3 is 2.52 bits per heavy atom. The lowest BCUT2D eigenvalue weighted by Gasteiger charge is -2.21. The molecule has 5 nitrogen and oxygen atoms in total. The van der Waals surface area contributed by atoms with Crippen LogP contribution < -0.4 is 5.32 Å². The van der Waals surface area contributed by atoms with Gasteiger partial charge in [-0.3, -0.25) is 0 Å². The lowest BCUT2D eigenvalue weighted by Crippen LogP contribution is -2.48. The fourth-order valence-electron chi connectivity index (χ4n) is 2.98. The molecule has 0 bridgehead atoms. The predicted molar refractivity (Wildman–Crippen MR) is 78.1 cm³/mol. The van der Waals surface area contributed by atoms with Crippen molar-refractivity contribution in [2.24, 2.45) is 5.92 Å². The SMILES string of the molecule is O=C(O)C(NC(=O)N1CCC(c2ccccc2)C1)C1CC1. The summed E-state index contributed by atoms with van der Waals surface area (Å²) in [6.07, 6.45) is 2.71. The number of urea groups is 1. The zero-order valence-electron chi connectivity index (χ0n) is 11.9. The molecule has 2 amide bonds. The van der Waals surface area contributed by atoms with Gasteiger partial charge in [0.05, 0.1) is 0 Å². The van der Waals surface area contributed by atoms with Gasteiger partial charge in [0.15, 0.2) is 0 Å². The second kappa shape index (κ2) is 5.76. The van der Waals surface area contributed by atoms with Crippen molar-refractivity contribution in [3.05, 3.63) is 35.9 Å². The highest BCUT2D eigenvalue weighted by Crippen LogP contribution is 2.33. The zero-order chi connectivity index (χ0) is 14.8. The van der Waals surface area contributed by atoms with E-state index in [9.17, 15) is 14.7 Å². The molecule has 1 saturated carbocycles. The third kappa shape index (κ3) is 3.17. The van der Waals surface area contributed by atoms with Gasteiger partial charge in [-0.25, -0.2) is 9.59 Å². The molecule has 0 spiro atoms. The maximum Gasteiger partial charge on any atom is 0.326 e. The van der Waals surface area contributed by atoms with Crippen molar-refractivity contribution >= 4 is 12.0 Å². The fraction of sp³-hybridized carbons (Fsp3) is 0.500. The van der Waals surface area contributed by atoms with E-state index in [2.05, 4.69) is 17.4 Å². The van der Waals surface area contributed by atoms with E-state index < -0.39 is 12.0 Å². The number of nitrogens with zero attached hydrogens (tertiary/aromatic N) is 1. The molecule has 21 heavy (non-hydrogen) atoms. The standard InChI is InChI=1S/C16H20N2O3/c19-15(20)14(12-6-7-12)17-16(21)18-9-8-13(10-18)11-4-2-1-3-5-11/h1-5,12-14H,6-10H2,(H,17,21)(H,19,20). The van der Waals surface area contributed by atoms with Gasteiger partial charge in [0.1, 0.15) is 6.04 Å². The van der Waals surface area contributed by atoms with Crippen molar-refractivity contribution in [1.82, 2.24) is 10.2 Å². The number of carbonyl (C=O) groups excluding carboxylic acids is 1. The second-order valence-corrected chi connectivity index (χ2v) is 5.95. The molecule has 1 aromatic rings. The summed E-state index contributed by atoms with van der Waals surface area (Å²) in [5.74, 6) is -0.468. The molecule has 2 atom stereocenters. The summed E-state index contributed by atoms with van der Waals surface area (Å²) in [5.41, 5.74) is 1.24. The minimum absolute atomic E-state index is 0.110. The maximum atomic E-state index is 12.2. The van der Waals surface area contributed by atoms with Gasteiger partial charge in [0.2, 0.25) is 0 Å². The summed E-state index contributed by atoms with van der Waals surface area (Å²) in [6, 6.07) is 9.18. The Morgan fingerprint density at radius 2 is 1.90 bits per heavy atom. The summed E-state index contributed by atoms with van der Waals surface area (Å²) < 4.78 is 0. The van der Waals surface area contributed by atoms with Crippen LogP contribution in [0.25, 0.3) is 0 Å². The third-order valence-corrected chi connectivity index (χ3v) is 4.38. The van der Waals surface area contributed by atoms with E-state index in [4.69, 9.17) is 0 Å². The van der Waals surface area contributed by atoms with Gasteiger partial charge in [0.25, 0.3) is 0 Å². The van der Waals surface area contributed by atoms with E-state index >= 15 is 0 Å². The number of carboxylic acid groups (broad SMARTS) is 1. The highest BCUT2D eigenvalue weighted by Gasteiger charge is 2.38. The van der Waals surface area contributed by atoms with Crippen LogP contribution in [0.1, 0.15) is 30.7 Å². The van der Waals surface area contributed by atoms with E-state index in [0.717, 1.165) is 19.3 Å². The number of amides is 2. The van der Waals surface area contributed by atoms with E-state index in [1.807, 2.05) is 18.2 Å². The van der Waals surface area contributed by atoms with Crippen molar-refractivity contribution in [3.63, 3.8) is 0 Å². The van der Waals surface area contributed by atoms with E-state index in [-0.39, 0.29) is 11.9 Å². The highest BCUT2D eigenvalue weighted by atomic mass is 16.4. The van der Waals surface area contributed by atoms with Gasteiger partial charge in [-0.1, -0.05) is 30.3 Å². The van der Waals surface area contributed by atoms with Gasteiger partial charge in [-0.05, 0) is 30.7 Å². The molecule has 1 aliphatic heterocycles. The number of hydrogen-bond donors (Lipinski definition) is 2. The van der Waals surface area contributed by atoms with Crippen LogP contribution in [0.2, 0.25) is 0 Å². The minimum atomic E-state index is -0.926. The summed E-state index contributed by atoms with van der Waals surface area (Å²) >= 11 is 0. The number of benzene rings is 1. The summed E-state index contributed by atoms with van der Waals surface area (Å²) in [5, 5.41) is 11.9. The molecule has 1 aliphatic carbocycles. The van der Waals surface area contributed by atoms with Gasteiger partial charge in [-0.15, -0.1) is 0 Å². The van der Waals surface area contributed by atoms with E-state index in [1.165, 1.54) is 5.56 Å². The topological polar surface area (TPSA) is 69.6 Å². The normalized spacial score (nSPS) is 22.9. The first-order valence-corrected chi connectivity index (χ1v) is 7.48. The summed E-state index contributed by atoms with van der Waals surface area (Å²) in [4.78, 5) is 25.1. The van der Waals surface area contributed by atoms with Crippen LogP contribution in [0.15, 0.2) is 30.3 Å². The average molecular weight is 288 g/mol. The Kier molecular flexibility index (Phi) is 3.82. The van der Waals surface area contributed by atoms with Crippen LogP contribution in [0.3, 0.4) is 0 Å². The summed E-state index contributed by atoms with van der Waals surface area (Å²) in [6.45, 7) is 1.34. The Morgan fingerprint density at radius 1 is 1.19 bits per heavy atom. The van der Waals surface area contributed by atoms with Gasteiger partial charge < -0.3 is 15.3 Å². The molecule has 2 aliphatic rings. The number of hydrogen-bond acceptors (Lipinski definition) is 2. The number of carbonyl (C=O) groups is 2. The first kappa shape index (κ1) is 13.9. The number of carboxylic acids is 1. The van der Waals surface area contributed by atoms with Crippen molar-refractivity contribution in [1.29, 1.82) is 0 Å². The first-order valence-electron chi connectivity index (χ1n) is 7.48. The van der Waals surface area contributed by atoms with Crippen LogP contribution in [-0.2, 0) is 4.79 Å². The Balaban J connectivity index is 1.58. The second-order valence-electron chi connectivity index (χ2n) is 5.95. The lowest BCUT2D eigenvalue weighted by atomic mass is 9.99. The van der Waals surface area contributed by atoms with Crippen molar-refractivity contribution in [2.75, 3.05) is 13.1 Å². The molecular formula is C16H20N2O3. The van der Waals surface area contributed by atoms with Gasteiger partial charge >= 0.3 is 12.0 Å². The molecule has 2 unspecified atom stereocenters. The maximum absolute atomic E-state index is 12.2. The van der Waals surface area contributed by atoms with Crippen LogP contribution in [0.4, 0.5) is 4.79 Å². The van der Waals surface area contributed by atoms with Crippen LogP contribution in [-0.4, -0.2) is 41.1 Å². The zero-order valence-corrected chi connectivity index (χ0v) is 11.9. The number of likely N-dealkylation sites (tertiary alicyclic amines) is 1. The summed E-state index contributed by atoms with van der Waals surface area (Å²) in [7, 11) is 0. The molecule has 1 aromatic carbocycles. The van der Waals surface area contributed by atoms with Crippen molar-refractivity contribution in [2.45, 2.75) is 31.2 Å². The molecule has 1 saturated heterocycles. The van der Waals surface area contributed by atoms with Crippen LogP contribution >= 0.6 is 0 Å². The number of rotatable bonds is 4. The molecule has 2 N–H and O–H groups in total. The highest BCUT2D eigenvalue weighted by molar-refractivity contribution is 5.83. The number of aliphatic carboxylic acids is 1. The van der Waals surface area contributed by atoms with Crippen LogP contribution in [0, 0.1) is 5.92 Å². The smallest absolute Gasteiger partial charge is 0.326 e. The fourth-order valence-corrected chi connectivity index (χ4v) is 2.98. The largest absolute Gasteiger partial charge is 0.480 e. The minimum Gasteiger partial charge on any atom is -0.480 e. The molecule has 2 fully saturated rings. The van der Waals surface area contributed by atoms with Crippen LogP contribution in [0.5, 0.6) is 0 Å². The molecule has 112 valence electrons. The molecule has 1 heterocycles. The number of nitrogens with one attached hydrogen (secondary N) is 1. The molecule has 0 radical (unpaired) electrons.